The lowest BCUT2D eigenvalue weighted by atomic mass is 9.92. The molecule has 1 aliphatic rings. The zero-order chi connectivity index (χ0) is 17.1. The van der Waals surface area contributed by atoms with Crippen LogP contribution in [0.1, 0.15) is 40.4 Å². The summed E-state index contributed by atoms with van der Waals surface area (Å²) in [6, 6.07) is 6.28. The molecule has 1 amide bonds. The smallest absolute Gasteiger partial charge is 0.254 e. The van der Waals surface area contributed by atoms with E-state index in [9.17, 15) is 9.18 Å². The molecular formula is C18H22FN3O2. The average molecular weight is 331 g/mol. The van der Waals surface area contributed by atoms with Crippen LogP contribution in [-0.2, 0) is 6.54 Å². The van der Waals surface area contributed by atoms with Crippen molar-refractivity contribution < 1.29 is 14.3 Å². The summed E-state index contributed by atoms with van der Waals surface area (Å²) in [6.45, 7) is 3.66. The Labute approximate surface area is 140 Å². The Bertz CT molecular complexity index is 721. The number of carbonyl (C=O) groups is 1. The average Bonchev–Trinajstić information content (AvgIpc) is 3.03. The number of amides is 1. The maximum atomic E-state index is 13.2. The van der Waals surface area contributed by atoms with E-state index >= 15 is 0 Å². The van der Waals surface area contributed by atoms with Gasteiger partial charge in [-0.2, -0.15) is 5.10 Å². The lowest BCUT2D eigenvalue weighted by molar-refractivity contribution is 0.0710. The molecule has 1 aromatic heterocycles. The second-order valence-corrected chi connectivity index (χ2v) is 6.23. The van der Waals surface area contributed by atoms with E-state index in [1.165, 1.54) is 12.1 Å². The van der Waals surface area contributed by atoms with Crippen molar-refractivity contribution in [2.24, 2.45) is 0 Å². The molecule has 1 saturated heterocycles. The Hall–Kier alpha value is -2.21. The summed E-state index contributed by atoms with van der Waals surface area (Å²) >= 11 is 0. The fourth-order valence-corrected chi connectivity index (χ4v) is 3.39. The summed E-state index contributed by atoms with van der Waals surface area (Å²) in [4.78, 5) is 14.5. The monoisotopic (exact) mass is 331 g/mol. The first-order valence-electron chi connectivity index (χ1n) is 8.28. The summed E-state index contributed by atoms with van der Waals surface area (Å²) in [5, 5.41) is 13.4. The number of benzene rings is 1. The minimum absolute atomic E-state index is 0.0326. The Morgan fingerprint density at radius 1 is 1.33 bits per heavy atom. The summed E-state index contributed by atoms with van der Waals surface area (Å²) in [6.07, 6.45) is 3.48. The second kappa shape index (κ2) is 7.13. The molecule has 2 aromatic rings. The van der Waals surface area contributed by atoms with Gasteiger partial charge < -0.3 is 10.0 Å². The van der Waals surface area contributed by atoms with Gasteiger partial charge in [0.25, 0.3) is 5.91 Å². The minimum atomic E-state index is -0.320. The summed E-state index contributed by atoms with van der Waals surface area (Å²) in [5.41, 5.74) is 2.36. The van der Waals surface area contributed by atoms with Gasteiger partial charge in [0, 0.05) is 36.5 Å². The van der Waals surface area contributed by atoms with Crippen molar-refractivity contribution in [2.75, 3.05) is 19.7 Å². The molecule has 0 atom stereocenters. The number of aromatic nitrogens is 2. The predicted octanol–water partition coefficient (Wildman–Crippen LogP) is 2.34. The molecule has 1 fully saturated rings. The summed E-state index contributed by atoms with van der Waals surface area (Å²) in [7, 11) is 0. The van der Waals surface area contributed by atoms with E-state index in [4.69, 9.17) is 5.11 Å². The van der Waals surface area contributed by atoms with E-state index in [1.54, 1.807) is 19.2 Å². The topological polar surface area (TPSA) is 58.4 Å². The third-order valence-electron chi connectivity index (χ3n) is 4.68. The minimum Gasteiger partial charge on any atom is -0.394 e. The van der Waals surface area contributed by atoms with Gasteiger partial charge in [0.05, 0.1) is 13.2 Å². The van der Waals surface area contributed by atoms with Gasteiger partial charge in [-0.3, -0.25) is 9.48 Å². The number of aliphatic hydroxyl groups excluding tert-OH is 1. The second-order valence-electron chi connectivity index (χ2n) is 6.23. The first-order valence-corrected chi connectivity index (χ1v) is 8.28. The summed E-state index contributed by atoms with van der Waals surface area (Å²) < 4.78 is 15.1. The summed E-state index contributed by atoms with van der Waals surface area (Å²) in [5.74, 6) is -0.00728. The number of rotatable bonds is 4. The van der Waals surface area contributed by atoms with Gasteiger partial charge in [-0.1, -0.05) is 0 Å². The van der Waals surface area contributed by atoms with Crippen LogP contribution >= 0.6 is 0 Å². The van der Waals surface area contributed by atoms with Crippen LogP contribution in [0.25, 0.3) is 0 Å². The van der Waals surface area contributed by atoms with Gasteiger partial charge in [0.1, 0.15) is 5.82 Å². The van der Waals surface area contributed by atoms with Crippen LogP contribution in [0, 0.1) is 12.7 Å². The molecule has 3 rings (SSSR count). The maximum Gasteiger partial charge on any atom is 0.254 e. The Morgan fingerprint density at radius 3 is 2.75 bits per heavy atom. The van der Waals surface area contributed by atoms with Gasteiger partial charge in [0.15, 0.2) is 0 Å². The molecule has 24 heavy (non-hydrogen) atoms. The van der Waals surface area contributed by atoms with Crippen LogP contribution in [0.5, 0.6) is 0 Å². The molecule has 5 nitrogen and oxygen atoms in total. The highest BCUT2D eigenvalue weighted by molar-refractivity contribution is 5.95. The number of likely N-dealkylation sites (tertiary alicyclic amines) is 1. The van der Waals surface area contributed by atoms with Crippen molar-refractivity contribution in [3.63, 3.8) is 0 Å². The molecule has 0 unspecified atom stereocenters. The maximum absolute atomic E-state index is 13.2. The number of piperidine rings is 1. The van der Waals surface area contributed by atoms with E-state index in [2.05, 4.69) is 5.10 Å². The fourth-order valence-electron chi connectivity index (χ4n) is 3.39. The van der Waals surface area contributed by atoms with Crippen LogP contribution in [0.3, 0.4) is 0 Å². The third kappa shape index (κ3) is 3.33. The Morgan fingerprint density at radius 2 is 2.08 bits per heavy atom. The lowest BCUT2D eigenvalue weighted by Crippen LogP contribution is -2.38. The van der Waals surface area contributed by atoms with E-state index in [1.807, 2.05) is 15.6 Å². The highest BCUT2D eigenvalue weighted by Gasteiger charge is 2.27. The number of carbonyl (C=O) groups excluding carboxylic acids is 1. The van der Waals surface area contributed by atoms with E-state index in [-0.39, 0.29) is 18.3 Å². The van der Waals surface area contributed by atoms with Crippen molar-refractivity contribution in [1.29, 1.82) is 0 Å². The van der Waals surface area contributed by atoms with Crippen LogP contribution in [0.4, 0.5) is 4.39 Å². The van der Waals surface area contributed by atoms with Crippen molar-refractivity contribution in [2.45, 2.75) is 32.2 Å². The molecule has 128 valence electrons. The standard InChI is InChI=1S/C18H22FN3O2/c1-13-12-15(19)2-3-16(13)18(24)21-8-5-14(6-9-21)17-4-7-20-22(17)10-11-23/h2-4,7,12,14,23H,5-6,8-11H2,1H3. The van der Waals surface area contributed by atoms with Gasteiger partial charge in [0.2, 0.25) is 0 Å². The van der Waals surface area contributed by atoms with Crippen molar-refractivity contribution in [3.8, 4) is 0 Å². The van der Waals surface area contributed by atoms with Gasteiger partial charge in [-0.05, 0) is 49.6 Å². The highest BCUT2D eigenvalue weighted by atomic mass is 19.1. The molecule has 1 aliphatic heterocycles. The van der Waals surface area contributed by atoms with Crippen LogP contribution < -0.4 is 0 Å². The normalized spacial score (nSPS) is 15.7. The highest BCUT2D eigenvalue weighted by Crippen LogP contribution is 2.28. The molecular weight excluding hydrogens is 309 g/mol. The molecule has 1 N–H and O–H groups in total. The zero-order valence-corrected chi connectivity index (χ0v) is 13.8. The molecule has 6 heteroatoms. The molecule has 0 bridgehead atoms. The zero-order valence-electron chi connectivity index (χ0n) is 13.8. The van der Waals surface area contributed by atoms with Gasteiger partial charge in [-0.15, -0.1) is 0 Å². The van der Waals surface area contributed by atoms with Crippen LogP contribution in [0.2, 0.25) is 0 Å². The van der Waals surface area contributed by atoms with Gasteiger partial charge in [-0.25, -0.2) is 4.39 Å². The van der Waals surface area contributed by atoms with E-state index < -0.39 is 0 Å². The number of nitrogens with zero attached hydrogens (tertiary/aromatic N) is 3. The molecule has 0 aliphatic carbocycles. The first-order chi connectivity index (χ1) is 11.6. The molecule has 0 radical (unpaired) electrons. The number of halogens is 1. The number of aryl methyl sites for hydroxylation is 1. The van der Waals surface area contributed by atoms with E-state index in [0.717, 1.165) is 18.5 Å². The largest absolute Gasteiger partial charge is 0.394 e. The van der Waals surface area contributed by atoms with Crippen molar-refractivity contribution in [3.05, 3.63) is 53.1 Å². The lowest BCUT2D eigenvalue weighted by Gasteiger charge is -2.32. The van der Waals surface area contributed by atoms with Crippen LogP contribution in [0.15, 0.2) is 30.5 Å². The van der Waals surface area contributed by atoms with Crippen molar-refractivity contribution in [1.82, 2.24) is 14.7 Å². The molecule has 2 heterocycles. The fraction of sp³-hybridized carbons (Fsp3) is 0.444. The quantitative estimate of drug-likeness (QED) is 0.935. The Balaban J connectivity index is 1.66. The number of hydrogen-bond acceptors (Lipinski definition) is 3. The molecule has 0 spiro atoms. The number of hydrogen-bond donors (Lipinski definition) is 1. The Kier molecular flexibility index (Phi) is 4.94. The molecule has 0 saturated carbocycles. The van der Waals surface area contributed by atoms with Crippen LogP contribution in [-0.4, -0.2) is 45.4 Å². The first kappa shape index (κ1) is 16.6. The SMILES string of the molecule is Cc1cc(F)ccc1C(=O)N1CCC(c2ccnn2CCO)CC1. The van der Waals surface area contributed by atoms with Crippen molar-refractivity contribution >= 4 is 5.91 Å². The van der Waals surface area contributed by atoms with Gasteiger partial charge >= 0.3 is 0 Å². The molecule has 1 aromatic carbocycles. The predicted molar refractivity (Wildman–Crippen MR) is 88.3 cm³/mol. The number of aliphatic hydroxyl groups is 1. The van der Waals surface area contributed by atoms with E-state index in [0.29, 0.717) is 36.7 Å². The third-order valence-corrected chi connectivity index (χ3v) is 4.68.